The molecule has 0 saturated heterocycles. The van der Waals surface area contributed by atoms with Crippen molar-refractivity contribution in [2.45, 2.75) is 13.3 Å². The van der Waals surface area contributed by atoms with Crippen LogP contribution in [0.25, 0.3) is 0 Å². The Labute approximate surface area is 162 Å². The molecular weight excluding hydrogens is 452 g/mol. The van der Waals surface area contributed by atoms with Gasteiger partial charge in [-0.2, -0.15) is 0 Å². The molecule has 0 aliphatic carbocycles. The fourth-order valence-electron chi connectivity index (χ4n) is 2.74. The van der Waals surface area contributed by atoms with Crippen molar-refractivity contribution in [3.8, 4) is 5.75 Å². The summed E-state index contributed by atoms with van der Waals surface area (Å²) in [6.45, 7) is 2.15. The summed E-state index contributed by atoms with van der Waals surface area (Å²) in [5.41, 5.74) is 2.68. The average Bonchev–Trinajstić information content (AvgIpc) is 2.97. The van der Waals surface area contributed by atoms with E-state index < -0.39 is 0 Å². The van der Waals surface area contributed by atoms with Gasteiger partial charge in [0.1, 0.15) is 5.75 Å². The molecule has 2 amide bonds. The lowest BCUT2D eigenvalue weighted by atomic mass is 10.1. The number of carbonyl (C=O) groups is 2. The highest BCUT2D eigenvalue weighted by Gasteiger charge is 2.22. The molecule has 1 N–H and O–H groups in total. The van der Waals surface area contributed by atoms with Crippen molar-refractivity contribution < 1.29 is 14.3 Å². The first-order valence-electron chi connectivity index (χ1n) is 7.73. The molecule has 1 heterocycles. The number of hydrogen-bond acceptors (Lipinski definition) is 3. The summed E-state index contributed by atoms with van der Waals surface area (Å²) in [6, 6.07) is 11.1. The van der Waals surface area contributed by atoms with Gasteiger partial charge in [0.15, 0.2) is 6.61 Å². The highest BCUT2D eigenvalue weighted by molar-refractivity contribution is 9.11. The molecule has 0 aromatic heterocycles. The first-order valence-corrected chi connectivity index (χ1v) is 9.31. The first-order chi connectivity index (χ1) is 11.9. The van der Waals surface area contributed by atoms with Crippen molar-refractivity contribution in [2.24, 2.45) is 0 Å². The Morgan fingerprint density at radius 2 is 2.00 bits per heavy atom. The molecular formula is C18H16Br2N2O3. The number of rotatable bonds is 4. The van der Waals surface area contributed by atoms with Crippen LogP contribution in [0.2, 0.25) is 0 Å². The summed E-state index contributed by atoms with van der Waals surface area (Å²) in [6.07, 6.45) is 0.793. The van der Waals surface area contributed by atoms with Crippen LogP contribution in [0.15, 0.2) is 45.3 Å². The van der Waals surface area contributed by atoms with Crippen molar-refractivity contribution in [1.82, 2.24) is 0 Å². The maximum Gasteiger partial charge on any atom is 0.262 e. The molecule has 5 nitrogen and oxygen atoms in total. The SMILES string of the molecule is CC(=O)N1CCc2cc(NC(=O)COc3ccc(Br)cc3Br)ccc21. The number of carbonyl (C=O) groups excluding carboxylic acids is 2. The third kappa shape index (κ3) is 4.22. The fourth-order valence-corrected chi connectivity index (χ4v) is 3.90. The highest BCUT2D eigenvalue weighted by Crippen LogP contribution is 2.31. The van der Waals surface area contributed by atoms with Crippen molar-refractivity contribution in [3.63, 3.8) is 0 Å². The van der Waals surface area contributed by atoms with Crippen LogP contribution in [0.3, 0.4) is 0 Å². The van der Waals surface area contributed by atoms with Crippen LogP contribution in [0.5, 0.6) is 5.75 Å². The van der Waals surface area contributed by atoms with E-state index in [1.165, 1.54) is 0 Å². The minimum Gasteiger partial charge on any atom is -0.483 e. The third-order valence-corrected chi connectivity index (χ3v) is 5.00. The maximum atomic E-state index is 12.1. The molecule has 7 heteroatoms. The lowest BCUT2D eigenvalue weighted by molar-refractivity contribution is -0.118. The monoisotopic (exact) mass is 466 g/mol. The topological polar surface area (TPSA) is 58.6 Å². The van der Waals surface area contributed by atoms with Crippen LogP contribution >= 0.6 is 31.9 Å². The third-order valence-electron chi connectivity index (χ3n) is 3.89. The van der Waals surface area contributed by atoms with Crippen LogP contribution in [0, 0.1) is 0 Å². The van der Waals surface area contributed by atoms with Gasteiger partial charge in [-0.05, 0) is 64.3 Å². The van der Waals surface area contributed by atoms with Gasteiger partial charge in [-0.25, -0.2) is 0 Å². The quantitative estimate of drug-likeness (QED) is 0.735. The molecule has 3 rings (SSSR count). The van der Waals surface area contributed by atoms with Gasteiger partial charge in [0.2, 0.25) is 5.91 Å². The largest absolute Gasteiger partial charge is 0.483 e. The van der Waals surface area contributed by atoms with Gasteiger partial charge in [0.25, 0.3) is 5.91 Å². The van der Waals surface area contributed by atoms with E-state index >= 15 is 0 Å². The van der Waals surface area contributed by atoms with Gasteiger partial charge in [0.05, 0.1) is 4.47 Å². The number of nitrogens with zero attached hydrogens (tertiary/aromatic N) is 1. The Morgan fingerprint density at radius 3 is 2.72 bits per heavy atom. The van der Waals surface area contributed by atoms with Crippen LogP contribution in [0.1, 0.15) is 12.5 Å². The minimum absolute atomic E-state index is 0.0315. The molecule has 0 spiro atoms. The maximum absolute atomic E-state index is 12.1. The number of fused-ring (bicyclic) bond motifs is 1. The molecule has 130 valence electrons. The van der Waals surface area contributed by atoms with E-state index in [4.69, 9.17) is 4.74 Å². The zero-order chi connectivity index (χ0) is 18.0. The lowest BCUT2D eigenvalue weighted by Gasteiger charge is -2.15. The average molecular weight is 468 g/mol. The van der Waals surface area contributed by atoms with Gasteiger partial charge < -0.3 is 15.0 Å². The molecule has 0 fully saturated rings. The summed E-state index contributed by atoms with van der Waals surface area (Å²) in [4.78, 5) is 25.4. The van der Waals surface area contributed by atoms with Crippen molar-refractivity contribution in [2.75, 3.05) is 23.4 Å². The zero-order valence-corrected chi connectivity index (χ0v) is 16.7. The lowest BCUT2D eigenvalue weighted by Crippen LogP contribution is -2.25. The second-order valence-electron chi connectivity index (χ2n) is 5.68. The van der Waals surface area contributed by atoms with Crippen LogP contribution in [0.4, 0.5) is 11.4 Å². The minimum atomic E-state index is -0.240. The van der Waals surface area contributed by atoms with E-state index in [-0.39, 0.29) is 18.4 Å². The van der Waals surface area contributed by atoms with Gasteiger partial charge in [-0.3, -0.25) is 9.59 Å². The van der Waals surface area contributed by atoms with E-state index in [9.17, 15) is 9.59 Å². The Kier molecular flexibility index (Phi) is 5.44. The molecule has 2 aromatic carbocycles. The smallest absolute Gasteiger partial charge is 0.262 e. The Balaban J connectivity index is 1.61. The summed E-state index contributed by atoms with van der Waals surface area (Å²) < 4.78 is 7.23. The molecule has 0 atom stereocenters. The molecule has 0 radical (unpaired) electrons. The number of anilines is 2. The predicted octanol–water partition coefficient (Wildman–Crippen LogP) is 4.14. The van der Waals surface area contributed by atoms with Crippen molar-refractivity contribution in [1.29, 1.82) is 0 Å². The molecule has 2 aromatic rings. The second kappa shape index (κ2) is 7.58. The predicted molar refractivity (Wildman–Crippen MR) is 104 cm³/mol. The van der Waals surface area contributed by atoms with E-state index in [1.807, 2.05) is 24.3 Å². The van der Waals surface area contributed by atoms with Gasteiger partial charge in [-0.1, -0.05) is 15.9 Å². The summed E-state index contributed by atoms with van der Waals surface area (Å²) in [5, 5.41) is 2.82. The molecule has 0 bridgehead atoms. The number of benzene rings is 2. The summed E-state index contributed by atoms with van der Waals surface area (Å²) >= 11 is 6.76. The second-order valence-corrected chi connectivity index (χ2v) is 7.45. The van der Waals surface area contributed by atoms with Gasteiger partial charge in [0, 0.05) is 29.3 Å². The summed E-state index contributed by atoms with van der Waals surface area (Å²) in [7, 11) is 0. The number of ether oxygens (including phenoxy) is 1. The number of hydrogen-bond donors (Lipinski definition) is 1. The van der Waals surface area contributed by atoms with Crippen LogP contribution < -0.4 is 15.0 Å². The molecule has 1 aliphatic heterocycles. The van der Waals surface area contributed by atoms with Crippen molar-refractivity contribution in [3.05, 3.63) is 50.9 Å². The van der Waals surface area contributed by atoms with Crippen molar-refractivity contribution >= 4 is 55.0 Å². The number of halogens is 2. The van der Waals surface area contributed by atoms with Gasteiger partial charge in [-0.15, -0.1) is 0 Å². The number of nitrogens with one attached hydrogen (secondary N) is 1. The Hall–Kier alpha value is -1.86. The van der Waals surface area contributed by atoms with E-state index in [0.29, 0.717) is 18.0 Å². The van der Waals surface area contributed by atoms with Gasteiger partial charge >= 0.3 is 0 Å². The molecule has 0 saturated carbocycles. The van der Waals surface area contributed by atoms with E-state index in [0.717, 1.165) is 26.6 Å². The normalized spacial score (nSPS) is 12.7. The number of amides is 2. The highest BCUT2D eigenvalue weighted by atomic mass is 79.9. The van der Waals surface area contributed by atoms with Crippen LogP contribution in [-0.2, 0) is 16.0 Å². The van der Waals surface area contributed by atoms with Crippen LogP contribution in [-0.4, -0.2) is 25.0 Å². The van der Waals surface area contributed by atoms with E-state index in [2.05, 4.69) is 37.2 Å². The molecule has 1 aliphatic rings. The Morgan fingerprint density at radius 1 is 1.20 bits per heavy atom. The molecule has 0 unspecified atom stereocenters. The molecule has 25 heavy (non-hydrogen) atoms. The Bertz CT molecular complexity index is 839. The fraction of sp³-hybridized carbons (Fsp3) is 0.222. The van der Waals surface area contributed by atoms with E-state index in [1.54, 1.807) is 24.0 Å². The standard InChI is InChI=1S/C18H16Br2N2O3/c1-11(23)22-7-6-12-8-14(3-4-16(12)22)21-18(24)10-25-17-5-2-13(19)9-15(17)20/h2-5,8-9H,6-7,10H2,1H3,(H,21,24). The summed E-state index contributed by atoms with van der Waals surface area (Å²) in [5.74, 6) is 0.393. The first kappa shape index (κ1) is 17.9. The zero-order valence-electron chi connectivity index (χ0n) is 13.5.